The monoisotopic (exact) mass is 166 g/mol. The van der Waals surface area contributed by atoms with Crippen molar-refractivity contribution < 1.29 is 4.74 Å². The summed E-state index contributed by atoms with van der Waals surface area (Å²) in [7, 11) is 0. The molecule has 1 saturated heterocycles. The van der Waals surface area contributed by atoms with E-state index in [1.165, 1.54) is 18.4 Å². The molecule has 68 valence electrons. The van der Waals surface area contributed by atoms with Crippen LogP contribution in [0.4, 0.5) is 0 Å². The van der Waals surface area contributed by atoms with Gasteiger partial charge in [-0.1, -0.05) is 20.4 Å². The Kier molecular flexibility index (Phi) is 1.99. The SMILES string of the molecule is C=C1C(C)CCC2C(C)COC12. The summed E-state index contributed by atoms with van der Waals surface area (Å²) in [5.41, 5.74) is 1.34. The molecule has 4 unspecified atom stereocenters. The Morgan fingerprint density at radius 1 is 1.33 bits per heavy atom. The van der Waals surface area contributed by atoms with Crippen molar-refractivity contribution in [2.45, 2.75) is 32.8 Å². The van der Waals surface area contributed by atoms with Gasteiger partial charge < -0.3 is 4.74 Å². The van der Waals surface area contributed by atoms with Crippen LogP contribution in [0.2, 0.25) is 0 Å². The van der Waals surface area contributed by atoms with E-state index in [0.29, 0.717) is 12.0 Å². The number of hydrogen-bond acceptors (Lipinski definition) is 1. The van der Waals surface area contributed by atoms with Gasteiger partial charge in [-0.2, -0.15) is 0 Å². The first-order chi connectivity index (χ1) is 5.70. The molecule has 1 heterocycles. The van der Waals surface area contributed by atoms with Crippen LogP contribution in [-0.4, -0.2) is 12.7 Å². The highest BCUT2D eigenvalue weighted by atomic mass is 16.5. The molecule has 0 aromatic rings. The topological polar surface area (TPSA) is 9.23 Å². The Labute approximate surface area is 74.8 Å². The van der Waals surface area contributed by atoms with Crippen LogP contribution < -0.4 is 0 Å². The molecule has 2 rings (SSSR count). The lowest BCUT2D eigenvalue weighted by atomic mass is 9.74. The third-order valence-corrected chi connectivity index (χ3v) is 3.59. The maximum Gasteiger partial charge on any atom is 0.0816 e. The van der Waals surface area contributed by atoms with E-state index in [-0.39, 0.29) is 0 Å². The average Bonchev–Trinajstić information content (AvgIpc) is 2.41. The van der Waals surface area contributed by atoms with E-state index < -0.39 is 0 Å². The summed E-state index contributed by atoms with van der Waals surface area (Å²) in [6.45, 7) is 9.66. The highest BCUT2D eigenvalue weighted by Gasteiger charge is 2.40. The minimum atomic E-state index is 0.392. The fourth-order valence-electron chi connectivity index (χ4n) is 2.53. The van der Waals surface area contributed by atoms with Crippen LogP contribution in [0.15, 0.2) is 12.2 Å². The summed E-state index contributed by atoms with van der Waals surface area (Å²) in [5, 5.41) is 0. The zero-order chi connectivity index (χ0) is 8.72. The van der Waals surface area contributed by atoms with E-state index in [0.717, 1.165) is 18.4 Å². The predicted octanol–water partition coefficient (Wildman–Crippen LogP) is 2.62. The Hall–Kier alpha value is -0.300. The van der Waals surface area contributed by atoms with Crippen LogP contribution in [0.5, 0.6) is 0 Å². The highest BCUT2D eigenvalue weighted by Crippen LogP contribution is 2.42. The van der Waals surface area contributed by atoms with Crippen molar-refractivity contribution in [3.8, 4) is 0 Å². The fraction of sp³-hybridized carbons (Fsp3) is 0.818. The second-order valence-corrected chi connectivity index (χ2v) is 4.45. The van der Waals surface area contributed by atoms with Gasteiger partial charge in [-0.25, -0.2) is 0 Å². The summed E-state index contributed by atoms with van der Waals surface area (Å²) >= 11 is 0. The normalized spacial score (nSPS) is 47.7. The Morgan fingerprint density at radius 3 is 2.83 bits per heavy atom. The van der Waals surface area contributed by atoms with Gasteiger partial charge in [-0.15, -0.1) is 0 Å². The van der Waals surface area contributed by atoms with Crippen molar-refractivity contribution in [2.75, 3.05) is 6.61 Å². The zero-order valence-electron chi connectivity index (χ0n) is 8.05. The Balaban J connectivity index is 2.14. The van der Waals surface area contributed by atoms with Gasteiger partial charge in [0.05, 0.1) is 12.7 Å². The van der Waals surface area contributed by atoms with E-state index in [1.54, 1.807) is 0 Å². The lowest BCUT2D eigenvalue weighted by molar-refractivity contribution is 0.0948. The first-order valence-corrected chi connectivity index (χ1v) is 5.00. The van der Waals surface area contributed by atoms with E-state index >= 15 is 0 Å². The predicted molar refractivity (Wildman–Crippen MR) is 49.9 cm³/mol. The standard InChI is InChI=1S/C11H18O/c1-7-4-5-10-8(2)6-12-11(10)9(7)3/h7-8,10-11H,3-6H2,1-2H3. The molecule has 0 spiro atoms. The van der Waals surface area contributed by atoms with Crippen molar-refractivity contribution in [3.05, 3.63) is 12.2 Å². The van der Waals surface area contributed by atoms with E-state index in [1.807, 2.05) is 0 Å². The number of rotatable bonds is 0. The molecule has 1 saturated carbocycles. The van der Waals surface area contributed by atoms with Crippen LogP contribution in [0.25, 0.3) is 0 Å². The first-order valence-electron chi connectivity index (χ1n) is 5.00. The lowest BCUT2D eigenvalue weighted by Crippen LogP contribution is -2.29. The quantitative estimate of drug-likeness (QED) is 0.503. The summed E-state index contributed by atoms with van der Waals surface area (Å²) < 4.78 is 5.75. The first kappa shape index (κ1) is 8.31. The number of hydrogen-bond donors (Lipinski definition) is 0. The second kappa shape index (κ2) is 2.88. The molecule has 12 heavy (non-hydrogen) atoms. The molecule has 0 amide bonds. The Bertz CT molecular complexity index is 197. The molecule has 0 N–H and O–H groups in total. The largest absolute Gasteiger partial charge is 0.373 e. The zero-order valence-corrected chi connectivity index (χ0v) is 8.05. The third-order valence-electron chi connectivity index (χ3n) is 3.59. The maximum absolute atomic E-state index is 5.75. The van der Waals surface area contributed by atoms with E-state index in [9.17, 15) is 0 Å². The number of fused-ring (bicyclic) bond motifs is 1. The number of ether oxygens (including phenoxy) is 1. The molecule has 0 bridgehead atoms. The maximum atomic E-state index is 5.75. The molecule has 0 aromatic heterocycles. The Morgan fingerprint density at radius 2 is 2.08 bits per heavy atom. The summed E-state index contributed by atoms with van der Waals surface area (Å²) in [5.74, 6) is 2.20. The van der Waals surface area contributed by atoms with Gasteiger partial charge in [0.15, 0.2) is 0 Å². The van der Waals surface area contributed by atoms with Gasteiger partial charge >= 0.3 is 0 Å². The smallest absolute Gasteiger partial charge is 0.0816 e. The molecule has 4 atom stereocenters. The minimum Gasteiger partial charge on any atom is -0.373 e. The summed E-state index contributed by atoms with van der Waals surface area (Å²) in [4.78, 5) is 0. The third kappa shape index (κ3) is 1.11. The lowest BCUT2D eigenvalue weighted by Gasteiger charge is -2.32. The molecule has 2 aliphatic rings. The summed E-state index contributed by atoms with van der Waals surface area (Å²) in [6.07, 6.45) is 3.04. The summed E-state index contributed by atoms with van der Waals surface area (Å²) in [6, 6.07) is 0. The minimum absolute atomic E-state index is 0.392. The van der Waals surface area contributed by atoms with E-state index in [2.05, 4.69) is 20.4 Å². The molecule has 0 radical (unpaired) electrons. The highest BCUT2D eigenvalue weighted by molar-refractivity contribution is 5.14. The van der Waals surface area contributed by atoms with Crippen LogP contribution in [0.3, 0.4) is 0 Å². The van der Waals surface area contributed by atoms with Crippen LogP contribution in [0.1, 0.15) is 26.7 Å². The van der Waals surface area contributed by atoms with Gasteiger partial charge in [-0.3, -0.25) is 0 Å². The van der Waals surface area contributed by atoms with Crippen molar-refractivity contribution in [2.24, 2.45) is 17.8 Å². The van der Waals surface area contributed by atoms with Gasteiger partial charge in [0.1, 0.15) is 0 Å². The van der Waals surface area contributed by atoms with Gasteiger partial charge in [-0.05, 0) is 36.2 Å². The van der Waals surface area contributed by atoms with Crippen molar-refractivity contribution in [1.29, 1.82) is 0 Å². The molecule has 2 fully saturated rings. The van der Waals surface area contributed by atoms with Gasteiger partial charge in [0, 0.05) is 0 Å². The molecule has 0 aromatic carbocycles. The van der Waals surface area contributed by atoms with Gasteiger partial charge in [0.25, 0.3) is 0 Å². The van der Waals surface area contributed by atoms with Crippen LogP contribution in [-0.2, 0) is 4.74 Å². The second-order valence-electron chi connectivity index (χ2n) is 4.45. The molecule has 1 heteroatoms. The molecular weight excluding hydrogens is 148 g/mol. The van der Waals surface area contributed by atoms with Crippen LogP contribution >= 0.6 is 0 Å². The van der Waals surface area contributed by atoms with Crippen molar-refractivity contribution in [1.82, 2.24) is 0 Å². The molecule has 1 aliphatic heterocycles. The van der Waals surface area contributed by atoms with Crippen molar-refractivity contribution >= 4 is 0 Å². The average molecular weight is 166 g/mol. The van der Waals surface area contributed by atoms with Crippen molar-refractivity contribution in [3.63, 3.8) is 0 Å². The molecular formula is C11H18O. The molecule has 1 aliphatic carbocycles. The fourth-order valence-corrected chi connectivity index (χ4v) is 2.53. The van der Waals surface area contributed by atoms with Gasteiger partial charge in [0.2, 0.25) is 0 Å². The van der Waals surface area contributed by atoms with Crippen LogP contribution in [0, 0.1) is 17.8 Å². The van der Waals surface area contributed by atoms with E-state index in [4.69, 9.17) is 4.74 Å². The molecule has 1 nitrogen and oxygen atoms in total.